The van der Waals surface area contributed by atoms with Crippen LogP contribution < -0.4 is 10.5 Å². The number of rotatable bonds is 2. The smallest absolute Gasteiger partial charge is 0.215 e. The minimum Gasteiger partial charge on any atom is -0.481 e. The van der Waals surface area contributed by atoms with Crippen LogP contribution in [0.2, 0.25) is 0 Å². The number of hydrogen-bond donors (Lipinski definition) is 1. The first-order valence-electron chi connectivity index (χ1n) is 6.37. The van der Waals surface area contributed by atoms with Crippen LogP contribution in [0.1, 0.15) is 11.1 Å². The van der Waals surface area contributed by atoms with Crippen molar-refractivity contribution >= 4 is 17.1 Å². The van der Waals surface area contributed by atoms with Gasteiger partial charge in [0.25, 0.3) is 0 Å². The number of aromatic nitrogens is 3. The number of imidazole rings is 1. The summed E-state index contributed by atoms with van der Waals surface area (Å²) in [5.74, 6) is 0.969. The van der Waals surface area contributed by atoms with E-state index in [1.54, 1.807) is 13.2 Å². The molecule has 0 atom stereocenters. The number of nitrogens with two attached hydrogens (primary N) is 1. The molecule has 0 aliphatic rings. The number of nitrogens with zero attached hydrogens (tertiary/aromatic N) is 3. The largest absolute Gasteiger partial charge is 0.481 e. The number of pyridine rings is 1. The molecule has 3 rings (SSSR count). The van der Waals surface area contributed by atoms with Gasteiger partial charge < -0.3 is 10.5 Å². The first-order valence-corrected chi connectivity index (χ1v) is 6.37. The van der Waals surface area contributed by atoms with Crippen molar-refractivity contribution < 1.29 is 4.74 Å². The van der Waals surface area contributed by atoms with Crippen molar-refractivity contribution in [2.24, 2.45) is 0 Å². The number of aryl methyl sites for hydroxylation is 2. The molecule has 0 saturated heterocycles. The average molecular weight is 268 g/mol. The summed E-state index contributed by atoms with van der Waals surface area (Å²) < 4.78 is 7.03. The van der Waals surface area contributed by atoms with Crippen LogP contribution in [-0.2, 0) is 0 Å². The standard InChI is InChI=1S/C15H16N4O/c1-9-4-6-12(10(2)8-9)19-14-11(17-15(19)16)5-7-13(18-14)20-3/h4-8H,1-3H3,(H2,16,17). The average Bonchev–Trinajstić information content (AvgIpc) is 2.74. The molecule has 5 heteroatoms. The Morgan fingerprint density at radius 2 is 1.90 bits per heavy atom. The van der Waals surface area contributed by atoms with E-state index in [0.717, 1.165) is 16.8 Å². The highest BCUT2D eigenvalue weighted by Gasteiger charge is 2.13. The fraction of sp³-hybridized carbons (Fsp3) is 0.200. The lowest BCUT2D eigenvalue weighted by Gasteiger charge is -2.10. The Labute approximate surface area is 117 Å². The summed E-state index contributed by atoms with van der Waals surface area (Å²) in [4.78, 5) is 8.80. The molecule has 3 aromatic rings. The van der Waals surface area contributed by atoms with Crippen molar-refractivity contribution in [2.75, 3.05) is 12.8 Å². The number of nitrogen functional groups attached to an aromatic ring is 1. The molecule has 102 valence electrons. The van der Waals surface area contributed by atoms with Gasteiger partial charge >= 0.3 is 0 Å². The first-order chi connectivity index (χ1) is 9.60. The minimum absolute atomic E-state index is 0.424. The zero-order chi connectivity index (χ0) is 14.3. The van der Waals surface area contributed by atoms with E-state index >= 15 is 0 Å². The molecule has 20 heavy (non-hydrogen) atoms. The highest BCUT2D eigenvalue weighted by molar-refractivity contribution is 5.78. The van der Waals surface area contributed by atoms with Crippen LogP contribution in [0.4, 0.5) is 5.95 Å². The van der Waals surface area contributed by atoms with Gasteiger partial charge in [0, 0.05) is 6.07 Å². The molecule has 0 unspecified atom stereocenters. The van der Waals surface area contributed by atoms with Gasteiger partial charge in [0.15, 0.2) is 5.65 Å². The molecule has 2 heterocycles. The molecule has 0 aliphatic heterocycles. The summed E-state index contributed by atoms with van der Waals surface area (Å²) in [6.45, 7) is 4.11. The molecule has 0 radical (unpaired) electrons. The quantitative estimate of drug-likeness (QED) is 0.776. The normalized spacial score (nSPS) is 10.9. The molecule has 1 aromatic carbocycles. The summed E-state index contributed by atoms with van der Waals surface area (Å²) in [6.07, 6.45) is 0. The maximum atomic E-state index is 6.05. The summed E-state index contributed by atoms with van der Waals surface area (Å²) in [6, 6.07) is 9.83. The van der Waals surface area contributed by atoms with Crippen LogP contribution >= 0.6 is 0 Å². The lowest BCUT2D eigenvalue weighted by molar-refractivity contribution is 0.399. The number of methoxy groups -OCH3 is 1. The van der Waals surface area contributed by atoms with Crippen molar-refractivity contribution in [1.82, 2.24) is 14.5 Å². The van der Waals surface area contributed by atoms with Gasteiger partial charge in [0.1, 0.15) is 5.52 Å². The van der Waals surface area contributed by atoms with Gasteiger partial charge in [-0.2, -0.15) is 4.98 Å². The Bertz CT molecular complexity index is 792. The first kappa shape index (κ1) is 12.5. The van der Waals surface area contributed by atoms with Gasteiger partial charge in [-0.25, -0.2) is 4.98 Å². The Balaban J connectivity index is 2.31. The number of benzene rings is 1. The highest BCUT2D eigenvalue weighted by Crippen LogP contribution is 2.26. The van der Waals surface area contributed by atoms with E-state index in [1.807, 2.05) is 29.7 Å². The summed E-state index contributed by atoms with van der Waals surface area (Å²) >= 11 is 0. The summed E-state index contributed by atoms with van der Waals surface area (Å²) in [7, 11) is 1.59. The predicted molar refractivity (Wildman–Crippen MR) is 79.3 cm³/mol. The number of anilines is 1. The third kappa shape index (κ3) is 1.87. The number of fused-ring (bicyclic) bond motifs is 1. The van der Waals surface area contributed by atoms with E-state index in [2.05, 4.69) is 23.0 Å². The number of hydrogen-bond acceptors (Lipinski definition) is 4. The lowest BCUT2D eigenvalue weighted by atomic mass is 10.1. The van der Waals surface area contributed by atoms with Crippen molar-refractivity contribution in [3.8, 4) is 11.6 Å². The van der Waals surface area contributed by atoms with E-state index in [1.165, 1.54) is 5.56 Å². The van der Waals surface area contributed by atoms with Crippen molar-refractivity contribution in [3.63, 3.8) is 0 Å². The van der Waals surface area contributed by atoms with Crippen LogP contribution in [0.15, 0.2) is 30.3 Å². The summed E-state index contributed by atoms with van der Waals surface area (Å²) in [5.41, 5.74) is 10.8. The molecule has 0 aliphatic carbocycles. The van der Waals surface area contributed by atoms with Gasteiger partial charge in [0.2, 0.25) is 11.8 Å². The second-order valence-corrected chi connectivity index (χ2v) is 4.79. The molecule has 0 spiro atoms. The van der Waals surface area contributed by atoms with Gasteiger partial charge in [-0.05, 0) is 31.5 Å². The second kappa shape index (κ2) is 4.52. The summed E-state index contributed by atoms with van der Waals surface area (Å²) in [5, 5.41) is 0. The Morgan fingerprint density at radius 1 is 1.10 bits per heavy atom. The van der Waals surface area contributed by atoms with Crippen molar-refractivity contribution in [1.29, 1.82) is 0 Å². The highest BCUT2D eigenvalue weighted by atomic mass is 16.5. The Morgan fingerprint density at radius 3 is 2.60 bits per heavy atom. The zero-order valence-corrected chi connectivity index (χ0v) is 11.7. The molecular formula is C15H16N4O. The molecule has 0 saturated carbocycles. The van der Waals surface area contributed by atoms with E-state index < -0.39 is 0 Å². The third-order valence-electron chi connectivity index (χ3n) is 3.31. The van der Waals surface area contributed by atoms with Crippen LogP contribution in [0.25, 0.3) is 16.9 Å². The van der Waals surface area contributed by atoms with E-state index in [-0.39, 0.29) is 0 Å². The van der Waals surface area contributed by atoms with E-state index in [4.69, 9.17) is 10.5 Å². The molecule has 2 aromatic heterocycles. The van der Waals surface area contributed by atoms with Gasteiger partial charge in [0.05, 0.1) is 12.8 Å². The maximum absolute atomic E-state index is 6.05. The zero-order valence-electron chi connectivity index (χ0n) is 11.7. The van der Waals surface area contributed by atoms with Gasteiger partial charge in [-0.3, -0.25) is 4.57 Å². The van der Waals surface area contributed by atoms with Gasteiger partial charge in [-0.15, -0.1) is 0 Å². The minimum atomic E-state index is 0.424. The van der Waals surface area contributed by atoms with Gasteiger partial charge in [-0.1, -0.05) is 17.7 Å². The maximum Gasteiger partial charge on any atom is 0.215 e. The van der Waals surface area contributed by atoms with Crippen LogP contribution in [0.5, 0.6) is 5.88 Å². The Hall–Kier alpha value is -2.56. The van der Waals surface area contributed by atoms with Crippen molar-refractivity contribution in [3.05, 3.63) is 41.5 Å². The Kier molecular flexibility index (Phi) is 2.82. The molecule has 0 bridgehead atoms. The van der Waals surface area contributed by atoms with Crippen LogP contribution in [-0.4, -0.2) is 21.6 Å². The van der Waals surface area contributed by atoms with Crippen molar-refractivity contribution in [2.45, 2.75) is 13.8 Å². The van der Waals surface area contributed by atoms with Crippen LogP contribution in [0, 0.1) is 13.8 Å². The molecular weight excluding hydrogens is 252 g/mol. The molecule has 5 nitrogen and oxygen atoms in total. The topological polar surface area (TPSA) is 66.0 Å². The molecule has 0 amide bonds. The van der Waals surface area contributed by atoms with E-state index in [9.17, 15) is 0 Å². The third-order valence-corrected chi connectivity index (χ3v) is 3.31. The van der Waals surface area contributed by atoms with Crippen LogP contribution in [0.3, 0.4) is 0 Å². The fourth-order valence-corrected chi connectivity index (χ4v) is 2.36. The fourth-order valence-electron chi connectivity index (χ4n) is 2.36. The SMILES string of the molecule is COc1ccc2nc(N)n(-c3ccc(C)cc3C)c2n1. The monoisotopic (exact) mass is 268 g/mol. The molecule has 2 N–H and O–H groups in total. The lowest BCUT2D eigenvalue weighted by Crippen LogP contribution is -2.03. The second-order valence-electron chi connectivity index (χ2n) is 4.79. The number of ether oxygens (including phenoxy) is 1. The van der Waals surface area contributed by atoms with E-state index in [0.29, 0.717) is 17.5 Å². The molecule has 0 fully saturated rings. The predicted octanol–water partition coefficient (Wildman–Crippen LogP) is 2.63.